The number of aryl methyl sites for hydroxylation is 1. The molecule has 23 heavy (non-hydrogen) atoms. The van der Waals surface area contributed by atoms with E-state index in [1.165, 1.54) is 0 Å². The number of nitrogens with two attached hydrogens (primary N) is 1. The maximum atomic E-state index is 12.6. The molecule has 0 radical (unpaired) electrons. The van der Waals surface area contributed by atoms with E-state index in [0.29, 0.717) is 28.7 Å². The maximum absolute atomic E-state index is 12.6. The first kappa shape index (κ1) is 16.0. The third kappa shape index (κ3) is 3.26. The first-order chi connectivity index (χ1) is 10.9. The Balaban J connectivity index is 1.83. The fraction of sp³-hybridized carbons (Fsp3) is 0.412. The molecule has 2 aromatic rings. The van der Waals surface area contributed by atoms with Crippen LogP contribution < -0.4 is 11.1 Å². The van der Waals surface area contributed by atoms with E-state index in [9.17, 15) is 4.79 Å². The van der Waals surface area contributed by atoms with Gasteiger partial charge in [0.1, 0.15) is 0 Å². The molecule has 1 aromatic heterocycles. The van der Waals surface area contributed by atoms with Crippen LogP contribution in [0.25, 0.3) is 5.69 Å². The largest absolute Gasteiger partial charge is 0.345 e. The van der Waals surface area contributed by atoms with Crippen molar-refractivity contribution in [3.8, 4) is 5.69 Å². The van der Waals surface area contributed by atoms with Crippen LogP contribution >= 0.6 is 11.6 Å². The SMILES string of the molecule is Cc1nn(-c2ccc(Cl)cc2)cc1C(=O)NC(C)(CN)C1CC1. The molecular formula is C17H21ClN4O. The van der Waals surface area contributed by atoms with E-state index >= 15 is 0 Å². The average Bonchev–Trinajstić information content (AvgIpc) is 3.31. The normalized spacial score (nSPS) is 16.9. The fourth-order valence-corrected chi connectivity index (χ4v) is 2.90. The molecule has 1 amide bonds. The molecule has 1 heterocycles. The smallest absolute Gasteiger partial charge is 0.255 e. The lowest BCUT2D eigenvalue weighted by molar-refractivity contribution is 0.0897. The summed E-state index contributed by atoms with van der Waals surface area (Å²) < 4.78 is 1.69. The van der Waals surface area contributed by atoms with Gasteiger partial charge in [-0.05, 0) is 56.9 Å². The number of benzene rings is 1. The topological polar surface area (TPSA) is 72.9 Å². The molecular weight excluding hydrogens is 312 g/mol. The number of amides is 1. The summed E-state index contributed by atoms with van der Waals surface area (Å²) in [6, 6.07) is 7.33. The number of carbonyl (C=O) groups is 1. The van der Waals surface area contributed by atoms with Crippen LogP contribution in [0.1, 0.15) is 35.8 Å². The summed E-state index contributed by atoms with van der Waals surface area (Å²) in [5, 5.41) is 8.19. The van der Waals surface area contributed by atoms with Crippen LogP contribution in [0.2, 0.25) is 5.02 Å². The standard InChI is InChI=1S/C17H21ClN4O/c1-11-15(16(23)20-17(2,10-19)12-3-4-12)9-22(21-11)14-7-5-13(18)6-8-14/h5-9,12H,3-4,10,19H2,1-2H3,(H,20,23). The van der Waals surface area contributed by atoms with Gasteiger partial charge in [-0.15, -0.1) is 0 Å². The van der Waals surface area contributed by atoms with Crippen molar-refractivity contribution < 1.29 is 4.79 Å². The van der Waals surface area contributed by atoms with Crippen molar-refractivity contribution in [2.75, 3.05) is 6.54 Å². The van der Waals surface area contributed by atoms with Gasteiger partial charge in [-0.1, -0.05) is 11.6 Å². The lowest BCUT2D eigenvalue weighted by Gasteiger charge is -2.29. The Bertz CT molecular complexity index is 721. The van der Waals surface area contributed by atoms with Gasteiger partial charge in [0.15, 0.2) is 0 Å². The summed E-state index contributed by atoms with van der Waals surface area (Å²) in [6.45, 7) is 4.29. The van der Waals surface area contributed by atoms with Crippen molar-refractivity contribution in [3.63, 3.8) is 0 Å². The molecule has 1 aromatic carbocycles. The molecule has 0 bridgehead atoms. The van der Waals surface area contributed by atoms with E-state index in [-0.39, 0.29) is 11.4 Å². The van der Waals surface area contributed by atoms with Crippen LogP contribution in [0.3, 0.4) is 0 Å². The van der Waals surface area contributed by atoms with Gasteiger partial charge in [0.05, 0.1) is 22.5 Å². The molecule has 0 spiro atoms. The first-order valence-corrected chi connectivity index (χ1v) is 8.15. The quantitative estimate of drug-likeness (QED) is 0.884. The molecule has 1 aliphatic rings. The molecule has 122 valence electrons. The molecule has 1 aliphatic carbocycles. The lowest BCUT2D eigenvalue weighted by atomic mass is 9.95. The monoisotopic (exact) mass is 332 g/mol. The van der Waals surface area contributed by atoms with Crippen LogP contribution in [0.5, 0.6) is 0 Å². The summed E-state index contributed by atoms with van der Waals surface area (Å²) in [5.41, 5.74) is 7.65. The van der Waals surface area contributed by atoms with Crippen molar-refractivity contribution in [1.29, 1.82) is 0 Å². The predicted molar refractivity (Wildman–Crippen MR) is 91.0 cm³/mol. The predicted octanol–water partition coefficient (Wildman–Crippen LogP) is 2.69. The van der Waals surface area contributed by atoms with E-state index < -0.39 is 0 Å². The number of rotatable bonds is 5. The minimum Gasteiger partial charge on any atom is -0.345 e. The average molecular weight is 333 g/mol. The molecule has 0 saturated heterocycles. The highest BCUT2D eigenvalue weighted by Crippen LogP contribution is 2.39. The summed E-state index contributed by atoms with van der Waals surface area (Å²) >= 11 is 5.90. The molecule has 3 rings (SSSR count). The van der Waals surface area contributed by atoms with E-state index in [4.69, 9.17) is 17.3 Å². The summed E-state index contributed by atoms with van der Waals surface area (Å²) in [5.74, 6) is 0.352. The van der Waals surface area contributed by atoms with Crippen molar-refractivity contribution in [2.24, 2.45) is 11.7 Å². The third-order valence-corrected chi connectivity index (χ3v) is 4.79. The second kappa shape index (κ2) is 5.98. The molecule has 1 atom stereocenters. The van der Waals surface area contributed by atoms with Crippen LogP contribution in [0.15, 0.2) is 30.5 Å². The minimum atomic E-state index is -0.341. The highest BCUT2D eigenvalue weighted by Gasteiger charge is 2.41. The minimum absolute atomic E-state index is 0.123. The summed E-state index contributed by atoms with van der Waals surface area (Å²) in [4.78, 5) is 12.6. The Morgan fingerprint density at radius 1 is 1.43 bits per heavy atom. The first-order valence-electron chi connectivity index (χ1n) is 7.78. The van der Waals surface area contributed by atoms with Crippen molar-refractivity contribution in [1.82, 2.24) is 15.1 Å². The van der Waals surface area contributed by atoms with Gasteiger partial charge in [0.2, 0.25) is 0 Å². The van der Waals surface area contributed by atoms with Gasteiger partial charge >= 0.3 is 0 Å². The highest BCUT2D eigenvalue weighted by molar-refractivity contribution is 6.30. The highest BCUT2D eigenvalue weighted by atomic mass is 35.5. The second-order valence-corrected chi connectivity index (χ2v) is 6.84. The third-order valence-electron chi connectivity index (χ3n) is 4.54. The number of carbonyl (C=O) groups excluding carboxylic acids is 1. The van der Waals surface area contributed by atoms with E-state index in [1.54, 1.807) is 23.0 Å². The number of halogens is 1. The van der Waals surface area contributed by atoms with E-state index in [1.807, 2.05) is 26.0 Å². The van der Waals surface area contributed by atoms with Gasteiger partial charge < -0.3 is 11.1 Å². The number of hydrogen-bond acceptors (Lipinski definition) is 3. The van der Waals surface area contributed by atoms with Crippen LogP contribution in [-0.4, -0.2) is 27.8 Å². The molecule has 3 N–H and O–H groups in total. The van der Waals surface area contributed by atoms with Gasteiger partial charge in [-0.25, -0.2) is 4.68 Å². The number of nitrogens with one attached hydrogen (secondary N) is 1. The second-order valence-electron chi connectivity index (χ2n) is 6.40. The Labute approximate surface area is 140 Å². The molecule has 6 heteroatoms. The zero-order chi connectivity index (χ0) is 16.6. The molecule has 5 nitrogen and oxygen atoms in total. The number of nitrogens with zero attached hydrogens (tertiary/aromatic N) is 2. The Morgan fingerprint density at radius 2 is 2.09 bits per heavy atom. The molecule has 1 unspecified atom stereocenters. The number of aromatic nitrogens is 2. The zero-order valence-corrected chi connectivity index (χ0v) is 14.1. The van der Waals surface area contributed by atoms with Crippen LogP contribution in [0.4, 0.5) is 0 Å². The molecule has 1 saturated carbocycles. The van der Waals surface area contributed by atoms with E-state index in [0.717, 1.165) is 18.5 Å². The zero-order valence-electron chi connectivity index (χ0n) is 13.3. The van der Waals surface area contributed by atoms with Gasteiger partial charge in [0, 0.05) is 17.8 Å². The summed E-state index contributed by atoms with van der Waals surface area (Å²) in [6.07, 6.45) is 3.99. The van der Waals surface area contributed by atoms with Crippen LogP contribution in [-0.2, 0) is 0 Å². The van der Waals surface area contributed by atoms with Crippen molar-refractivity contribution in [2.45, 2.75) is 32.2 Å². The van der Waals surface area contributed by atoms with Crippen LogP contribution in [0, 0.1) is 12.8 Å². The van der Waals surface area contributed by atoms with Crippen molar-refractivity contribution in [3.05, 3.63) is 46.7 Å². The Hall–Kier alpha value is -1.85. The van der Waals surface area contributed by atoms with Crippen molar-refractivity contribution >= 4 is 17.5 Å². The number of hydrogen-bond donors (Lipinski definition) is 2. The van der Waals surface area contributed by atoms with E-state index in [2.05, 4.69) is 10.4 Å². The Kier molecular flexibility index (Phi) is 4.17. The Morgan fingerprint density at radius 3 is 2.65 bits per heavy atom. The lowest BCUT2D eigenvalue weighted by Crippen LogP contribution is -2.53. The molecule has 0 aliphatic heterocycles. The van der Waals surface area contributed by atoms with Gasteiger partial charge in [-0.3, -0.25) is 4.79 Å². The van der Waals surface area contributed by atoms with Gasteiger partial charge in [0.25, 0.3) is 5.91 Å². The van der Waals surface area contributed by atoms with Gasteiger partial charge in [-0.2, -0.15) is 5.10 Å². The fourth-order valence-electron chi connectivity index (χ4n) is 2.78. The maximum Gasteiger partial charge on any atom is 0.255 e. The summed E-state index contributed by atoms with van der Waals surface area (Å²) in [7, 11) is 0. The molecule has 1 fully saturated rings.